The van der Waals surface area contributed by atoms with Gasteiger partial charge in [0.2, 0.25) is 0 Å². The average molecular weight is 375 g/mol. The topological polar surface area (TPSA) is 83.5 Å². The number of benzene rings is 2. The Morgan fingerprint density at radius 1 is 1.29 bits per heavy atom. The van der Waals surface area contributed by atoms with Crippen LogP contribution in [-0.2, 0) is 24.2 Å². The molecular weight excluding hydrogens is 354 g/mol. The Morgan fingerprint density at radius 3 is 2.71 bits per heavy atom. The van der Waals surface area contributed by atoms with Crippen LogP contribution >= 0.6 is 0 Å². The van der Waals surface area contributed by atoms with Crippen LogP contribution in [0.1, 0.15) is 41.9 Å². The highest BCUT2D eigenvalue weighted by Gasteiger charge is 2.13. The van der Waals surface area contributed by atoms with Crippen LogP contribution in [0.3, 0.4) is 0 Å². The Balaban J connectivity index is 1.94. The zero-order chi connectivity index (χ0) is 20.3. The van der Waals surface area contributed by atoms with E-state index in [9.17, 15) is 4.79 Å². The van der Waals surface area contributed by atoms with Crippen LogP contribution in [0.15, 0.2) is 47.4 Å². The number of aliphatic carboxylic acids is 1. The van der Waals surface area contributed by atoms with Gasteiger partial charge in [-0.05, 0) is 48.4 Å². The Bertz CT molecular complexity index is 1100. The minimum atomic E-state index is -0.953. The van der Waals surface area contributed by atoms with E-state index in [0.717, 1.165) is 39.9 Å². The van der Waals surface area contributed by atoms with Gasteiger partial charge in [0.25, 0.3) is 0 Å². The van der Waals surface area contributed by atoms with Crippen molar-refractivity contribution in [3.05, 3.63) is 71.0 Å². The predicted molar refractivity (Wildman–Crippen MR) is 107 cm³/mol. The van der Waals surface area contributed by atoms with Crippen molar-refractivity contribution in [2.45, 2.75) is 33.3 Å². The summed E-state index contributed by atoms with van der Waals surface area (Å²) in [6.45, 7) is 8.24. The van der Waals surface area contributed by atoms with Gasteiger partial charge in [-0.1, -0.05) is 19.6 Å². The van der Waals surface area contributed by atoms with Gasteiger partial charge in [0.05, 0.1) is 18.1 Å². The number of hydrogen-bond donors (Lipinski definition) is 1. The lowest BCUT2D eigenvalue weighted by atomic mass is 10.0. The number of nitrogens with zero attached hydrogens (tertiary/aromatic N) is 1. The van der Waals surface area contributed by atoms with Crippen LogP contribution in [0.25, 0.3) is 16.5 Å². The Labute approximate surface area is 163 Å². The lowest BCUT2D eigenvalue weighted by Crippen LogP contribution is -2.05. The molecule has 0 aliphatic heterocycles. The Hall–Kier alpha value is -3.52. The van der Waals surface area contributed by atoms with E-state index in [-0.39, 0.29) is 13.0 Å². The molecule has 0 unspecified atom stereocenters. The molecule has 5 heteroatoms. The van der Waals surface area contributed by atoms with Gasteiger partial charge in [0.1, 0.15) is 23.7 Å². The summed E-state index contributed by atoms with van der Waals surface area (Å²) in [5.41, 5.74) is 4.49. The summed E-state index contributed by atoms with van der Waals surface area (Å²) in [5, 5.41) is 19.2. The molecule has 0 bridgehead atoms. The Kier molecular flexibility index (Phi) is 5.51. The monoisotopic (exact) mass is 375 g/mol. The number of furan rings is 1. The molecule has 1 aromatic heterocycles. The van der Waals surface area contributed by atoms with Crippen LogP contribution in [0, 0.1) is 11.3 Å². The molecule has 0 spiro atoms. The Morgan fingerprint density at radius 2 is 2.07 bits per heavy atom. The molecule has 0 aliphatic rings. The summed E-state index contributed by atoms with van der Waals surface area (Å²) in [4.78, 5) is 11.1. The van der Waals surface area contributed by atoms with E-state index in [4.69, 9.17) is 19.5 Å². The van der Waals surface area contributed by atoms with Crippen molar-refractivity contribution in [2.75, 3.05) is 0 Å². The smallest absolute Gasteiger partial charge is 0.307 e. The summed E-state index contributed by atoms with van der Waals surface area (Å²) in [5.74, 6) is 0.354. The summed E-state index contributed by atoms with van der Waals surface area (Å²) in [6.07, 6.45) is 0.633. The predicted octanol–water partition coefficient (Wildman–Crippen LogP) is 5.11. The average Bonchev–Trinajstić information content (AvgIpc) is 3.09. The van der Waals surface area contributed by atoms with E-state index >= 15 is 0 Å². The van der Waals surface area contributed by atoms with Gasteiger partial charge in [-0.15, -0.1) is 0 Å². The number of fused-ring (bicyclic) bond motifs is 1. The van der Waals surface area contributed by atoms with Gasteiger partial charge in [0.15, 0.2) is 0 Å². The lowest BCUT2D eigenvalue weighted by molar-refractivity contribution is -0.136. The molecule has 142 valence electrons. The van der Waals surface area contributed by atoms with Gasteiger partial charge in [-0.3, -0.25) is 4.79 Å². The molecule has 2 aromatic carbocycles. The number of carboxylic acids is 1. The second-order valence-corrected chi connectivity index (χ2v) is 6.70. The van der Waals surface area contributed by atoms with E-state index < -0.39 is 5.97 Å². The number of aryl methyl sites for hydroxylation is 1. The molecule has 0 amide bonds. The van der Waals surface area contributed by atoms with Crippen molar-refractivity contribution in [1.29, 1.82) is 5.26 Å². The third kappa shape index (κ3) is 4.07. The van der Waals surface area contributed by atoms with Crippen molar-refractivity contribution in [1.82, 2.24) is 0 Å². The van der Waals surface area contributed by atoms with Gasteiger partial charge < -0.3 is 14.3 Å². The molecule has 5 nitrogen and oxygen atoms in total. The van der Waals surface area contributed by atoms with Crippen LogP contribution in [0.5, 0.6) is 5.75 Å². The minimum absolute atomic E-state index is 0.168. The molecule has 0 atom stereocenters. The van der Waals surface area contributed by atoms with Gasteiger partial charge in [-0.2, -0.15) is 5.26 Å². The fourth-order valence-corrected chi connectivity index (χ4v) is 3.07. The van der Waals surface area contributed by atoms with Crippen LogP contribution in [0.2, 0.25) is 0 Å². The van der Waals surface area contributed by atoms with Crippen molar-refractivity contribution < 1.29 is 19.1 Å². The maximum atomic E-state index is 11.1. The highest BCUT2D eigenvalue weighted by atomic mass is 16.5. The van der Waals surface area contributed by atoms with Gasteiger partial charge in [0, 0.05) is 22.9 Å². The lowest BCUT2D eigenvalue weighted by Gasteiger charge is -2.12. The van der Waals surface area contributed by atoms with E-state index in [1.165, 1.54) is 0 Å². The van der Waals surface area contributed by atoms with E-state index in [1.807, 2.05) is 32.0 Å². The van der Waals surface area contributed by atoms with Crippen molar-refractivity contribution in [3.63, 3.8) is 0 Å². The van der Waals surface area contributed by atoms with E-state index in [2.05, 4.69) is 12.6 Å². The second-order valence-electron chi connectivity index (χ2n) is 6.70. The fraction of sp³-hybridized carbons (Fsp3) is 0.217. The highest BCUT2D eigenvalue weighted by molar-refractivity contribution is 5.90. The molecule has 1 heterocycles. The quantitative estimate of drug-likeness (QED) is 0.621. The van der Waals surface area contributed by atoms with Crippen molar-refractivity contribution >= 4 is 22.5 Å². The molecule has 3 aromatic rings. The van der Waals surface area contributed by atoms with Crippen LogP contribution in [-0.4, -0.2) is 11.1 Å². The SMILES string of the molecule is C=C(C)c1cc(COc2cc(C#N)ccc2CC(=O)O)cc2cc(CC)oc12. The number of carbonyl (C=O) groups is 1. The molecular formula is C23H21NO4. The number of rotatable bonds is 7. The number of nitriles is 1. The first kappa shape index (κ1) is 19.2. The zero-order valence-electron chi connectivity index (χ0n) is 15.9. The molecule has 1 N–H and O–H groups in total. The maximum Gasteiger partial charge on any atom is 0.307 e. The molecule has 0 aliphatic carbocycles. The third-order valence-corrected chi connectivity index (χ3v) is 4.47. The van der Waals surface area contributed by atoms with Gasteiger partial charge in [-0.25, -0.2) is 0 Å². The molecule has 0 fully saturated rings. The molecule has 28 heavy (non-hydrogen) atoms. The first-order valence-electron chi connectivity index (χ1n) is 9.00. The molecule has 0 saturated carbocycles. The van der Waals surface area contributed by atoms with E-state index in [0.29, 0.717) is 16.9 Å². The normalized spacial score (nSPS) is 10.6. The molecule has 0 radical (unpaired) electrons. The van der Waals surface area contributed by atoms with Gasteiger partial charge >= 0.3 is 5.97 Å². The first-order valence-corrected chi connectivity index (χ1v) is 9.00. The third-order valence-electron chi connectivity index (χ3n) is 4.47. The highest BCUT2D eigenvalue weighted by Crippen LogP contribution is 2.30. The number of ether oxygens (including phenoxy) is 1. The summed E-state index contributed by atoms with van der Waals surface area (Å²) >= 11 is 0. The van der Waals surface area contributed by atoms with E-state index in [1.54, 1.807) is 18.2 Å². The molecule has 3 rings (SSSR count). The largest absolute Gasteiger partial charge is 0.489 e. The molecule has 0 saturated heterocycles. The second kappa shape index (κ2) is 8.01. The number of hydrogen-bond acceptors (Lipinski definition) is 4. The number of allylic oxidation sites excluding steroid dienone is 1. The summed E-state index contributed by atoms with van der Waals surface area (Å²) in [7, 11) is 0. The number of carboxylic acid groups (broad SMARTS) is 1. The zero-order valence-corrected chi connectivity index (χ0v) is 15.9. The van der Waals surface area contributed by atoms with Crippen molar-refractivity contribution in [2.24, 2.45) is 0 Å². The summed E-state index contributed by atoms with van der Waals surface area (Å²) in [6, 6.07) is 12.8. The standard InChI is InChI=1S/C23H21NO4/c1-4-19-10-18-7-16(8-20(14(2)3)23(18)28-19)13-27-21-9-15(12-24)5-6-17(21)11-22(25)26/h5-10H,2,4,11,13H2,1,3H3,(H,25,26). The maximum absolute atomic E-state index is 11.1. The van der Waals surface area contributed by atoms with Crippen molar-refractivity contribution in [3.8, 4) is 11.8 Å². The van der Waals surface area contributed by atoms with Crippen LogP contribution in [0.4, 0.5) is 0 Å². The van der Waals surface area contributed by atoms with Crippen LogP contribution < -0.4 is 4.74 Å². The minimum Gasteiger partial charge on any atom is -0.489 e. The fourth-order valence-electron chi connectivity index (χ4n) is 3.07. The summed E-state index contributed by atoms with van der Waals surface area (Å²) < 4.78 is 11.8. The first-order chi connectivity index (χ1) is 13.4.